The van der Waals surface area contributed by atoms with Crippen LogP contribution in [0.1, 0.15) is 34.8 Å². The van der Waals surface area contributed by atoms with Gasteiger partial charge in [0.05, 0.1) is 31.8 Å². The van der Waals surface area contributed by atoms with Crippen LogP contribution in [0.4, 0.5) is 0 Å². The Hall–Kier alpha value is -2.90. The number of nitrogens with one attached hydrogen (secondary N) is 2. The second-order valence-corrected chi connectivity index (χ2v) is 8.75. The SMILES string of the molecule is COc1ccc(C(CC(=O)NCc2nc(-c3ccc(Cl)cc3)c(C)s2)NC(C)=O)cc1. The van der Waals surface area contributed by atoms with Crippen molar-refractivity contribution in [3.05, 3.63) is 69.0 Å². The predicted octanol–water partition coefficient (Wildman–Crippen LogP) is 4.66. The molecular weight excluding hydrogens is 434 g/mol. The molecule has 3 aromatic rings. The summed E-state index contributed by atoms with van der Waals surface area (Å²) < 4.78 is 5.17. The maximum atomic E-state index is 12.6. The summed E-state index contributed by atoms with van der Waals surface area (Å²) in [5, 5.41) is 7.24. The van der Waals surface area contributed by atoms with Crippen LogP contribution in [-0.4, -0.2) is 23.9 Å². The third kappa shape index (κ3) is 6.29. The summed E-state index contributed by atoms with van der Waals surface area (Å²) in [4.78, 5) is 29.9. The van der Waals surface area contributed by atoms with E-state index in [0.717, 1.165) is 26.7 Å². The molecule has 0 saturated carbocycles. The summed E-state index contributed by atoms with van der Waals surface area (Å²) in [5.74, 6) is 0.345. The molecule has 31 heavy (non-hydrogen) atoms. The number of carbonyl (C=O) groups is 2. The largest absolute Gasteiger partial charge is 0.497 e. The summed E-state index contributed by atoms with van der Waals surface area (Å²) in [5.41, 5.74) is 2.71. The molecule has 2 amide bonds. The molecule has 1 unspecified atom stereocenters. The minimum Gasteiger partial charge on any atom is -0.497 e. The maximum Gasteiger partial charge on any atom is 0.222 e. The van der Waals surface area contributed by atoms with E-state index in [1.165, 1.54) is 6.92 Å². The van der Waals surface area contributed by atoms with Crippen LogP contribution in [-0.2, 0) is 16.1 Å². The molecule has 0 saturated heterocycles. The van der Waals surface area contributed by atoms with Crippen molar-refractivity contribution in [1.82, 2.24) is 15.6 Å². The van der Waals surface area contributed by atoms with E-state index >= 15 is 0 Å². The lowest BCUT2D eigenvalue weighted by Crippen LogP contribution is -2.32. The van der Waals surface area contributed by atoms with Crippen LogP contribution in [0.5, 0.6) is 5.75 Å². The monoisotopic (exact) mass is 457 g/mol. The Labute approximate surface area is 190 Å². The Bertz CT molecular complexity index is 1050. The van der Waals surface area contributed by atoms with Crippen molar-refractivity contribution in [3.8, 4) is 17.0 Å². The fourth-order valence-corrected chi connectivity index (χ4v) is 4.19. The average molecular weight is 458 g/mol. The van der Waals surface area contributed by atoms with Gasteiger partial charge in [-0.2, -0.15) is 0 Å². The van der Waals surface area contributed by atoms with Gasteiger partial charge in [-0.05, 0) is 36.8 Å². The first-order valence-electron chi connectivity index (χ1n) is 9.75. The van der Waals surface area contributed by atoms with Gasteiger partial charge in [-0.25, -0.2) is 4.98 Å². The molecule has 0 aliphatic carbocycles. The lowest BCUT2D eigenvalue weighted by atomic mass is 10.0. The Morgan fingerprint density at radius 3 is 2.42 bits per heavy atom. The van der Waals surface area contributed by atoms with Crippen molar-refractivity contribution >= 4 is 34.8 Å². The van der Waals surface area contributed by atoms with Gasteiger partial charge in [0.15, 0.2) is 0 Å². The molecule has 0 aliphatic heterocycles. The fourth-order valence-electron chi connectivity index (χ4n) is 3.17. The van der Waals surface area contributed by atoms with Crippen molar-refractivity contribution in [2.75, 3.05) is 7.11 Å². The van der Waals surface area contributed by atoms with Crippen molar-refractivity contribution in [1.29, 1.82) is 0 Å². The summed E-state index contributed by atoms with van der Waals surface area (Å²) in [6.07, 6.45) is 0.125. The number of amides is 2. The van der Waals surface area contributed by atoms with Crippen LogP contribution < -0.4 is 15.4 Å². The second kappa shape index (κ2) is 10.4. The van der Waals surface area contributed by atoms with E-state index in [1.54, 1.807) is 30.6 Å². The van der Waals surface area contributed by atoms with Crippen LogP contribution in [0.3, 0.4) is 0 Å². The number of ether oxygens (including phenoxy) is 1. The molecule has 0 fully saturated rings. The normalized spacial score (nSPS) is 11.6. The molecule has 0 bridgehead atoms. The summed E-state index contributed by atoms with van der Waals surface area (Å²) in [6, 6.07) is 14.4. The first kappa shape index (κ1) is 22.8. The second-order valence-electron chi connectivity index (χ2n) is 7.03. The first-order chi connectivity index (χ1) is 14.9. The topological polar surface area (TPSA) is 80.3 Å². The summed E-state index contributed by atoms with van der Waals surface area (Å²) >= 11 is 7.51. The number of hydrogen-bond acceptors (Lipinski definition) is 5. The third-order valence-corrected chi connectivity index (χ3v) is 5.90. The van der Waals surface area contributed by atoms with Crippen LogP contribution in [0.2, 0.25) is 5.02 Å². The molecule has 1 aromatic heterocycles. The van der Waals surface area contributed by atoms with Gasteiger partial charge in [-0.1, -0.05) is 35.9 Å². The van der Waals surface area contributed by atoms with E-state index in [-0.39, 0.29) is 18.2 Å². The molecular formula is C23H24ClN3O3S. The zero-order chi connectivity index (χ0) is 22.4. The number of aromatic nitrogens is 1. The maximum absolute atomic E-state index is 12.6. The molecule has 0 radical (unpaired) electrons. The minimum atomic E-state index is -0.425. The zero-order valence-corrected chi connectivity index (χ0v) is 19.1. The van der Waals surface area contributed by atoms with Gasteiger partial charge in [0, 0.05) is 22.4 Å². The lowest BCUT2D eigenvalue weighted by Gasteiger charge is -2.18. The summed E-state index contributed by atoms with van der Waals surface area (Å²) in [6.45, 7) is 3.77. The van der Waals surface area contributed by atoms with E-state index < -0.39 is 6.04 Å². The van der Waals surface area contributed by atoms with E-state index in [4.69, 9.17) is 16.3 Å². The van der Waals surface area contributed by atoms with Crippen LogP contribution in [0.15, 0.2) is 48.5 Å². The van der Waals surface area contributed by atoms with Crippen LogP contribution >= 0.6 is 22.9 Å². The van der Waals surface area contributed by atoms with Crippen LogP contribution in [0.25, 0.3) is 11.3 Å². The number of halogens is 1. The molecule has 2 aromatic carbocycles. The van der Waals surface area contributed by atoms with Crippen molar-refractivity contribution < 1.29 is 14.3 Å². The average Bonchev–Trinajstić information content (AvgIpc) is 3.12. The fraction of sp³-hybridized carbons (Fsp3) is 0.261. The van der Waals surface area contributed by atoms with Crippen molar-refractivity contribution in [3.63, 3.8) is 0 Å². The van der Waals surface area contributed by atoms with E-state index in [2.05, 4.69) is 15.6 Å². The smallest absolute Gasteiger partial charge is 0.222 e. The van der Waals surface area contributed by atoms with Gasteiger partial charge >= 0.3 is 0 Å². The quantitative estimate of drug-likeness (QED) is 0.515. The Morgan fingerprint density at radius 1 is 1.13 bits per heavy atom. The molecule has 6 nitrogen and oxygen atoms in total. The van der Waals surface area contributed by atoms with Gasteiger partial charge in [0.1, 0.15) is 10.8 Å². The lowest BCUT2D eigenvalue weighted by molar-refractivity contribution is -0.122. The first-order valence-corrected chi connectivity index (χ1v) is 10.9. The molecule has 1 atom stereocenters. The van der Waals surface area contributed by atoms with E-state index in [9.17, 15) is 9.59 Å². The number of benzene rings is 2. The molecule has 0 aliphatic rings. The Kier molecular flexibility index (Phi) is 7.65. The molecule has 3 rings (SSSR count). The van der Waals surface area contributed by atoms with Gasteiger partial charge in [-0.3, -0.25) is 9.59 Å². The predicted molar refractivity (Wildman–Crippen MR) is 123 cm³/mol. The molecule has 1 heterocycles. The Balaban J connectivity index is 1.64. The number of carbonyl (C=O) groups excluding carboxylic acids is 2. The van der Waals surface area contributed by atoms with Crippen LogP contribution in [0, 0.1) is 6.92 Å². The zero-order valence-electron chi connectivity index (χ0n) is 17.6. The highest BCUT2D eigenvalue weighted by molar-refractivity contribution is 7.12. The number of thiazole rings is 1. The van der Waals surface area contributed by atoms with Gasteiger partial charge in [0.25, 0.3) is 0 Å². The minimum absolute atomic E-state index is 0.125. The van der Waals surface area contributed by atoms with E-state index in [1.807, 2.05) is 43.3 Å². The molecule has 8 heteroatoms. The molecule has 162 valence electrons. The highest BCUT2D eigenvalue weighted by Crippen LogP contribution is 2.28. The van der Waals surface area contributed by atoms with Crippen molar-refractivity contribution in [2.24, 2.45) is 0 Å². The van der Waals surface area contributed by atoms with Gasteiger partial charge in [0.2, 0.25) is 11.8 Å². The number of aryl methyl sites for hydroxylation is 1. The highest BCUT2D eigenvalue weighted by atomic mass is 35.5. The standard InChI is InChI=1S/C23H24ClN3O3S/c1-14-23(17-4-8-18(24)9-5-17)27-22(31-14)13-25-21(29)12-20(26-15(2)28)16-6-10-19(30-3)11-7-16/h4-11,20H,12-13H2,1-3H3,(H,25,29)(H,26,28). The number of methoxy groups -OCH3 is 1. The van der Waals surface area contributed by atoms with Crippen molar-refractivity contribution in [2.45, 2.75) is 32.9 Å². The number of nitrogens with zero attached hydrogens (tertiary/aromatic N) is 1. The number of hydrogen-bond donors (Lipinski definition) is 2. The number of rotatable bonds is 8. The molecule has 0 spiro atoms. The third-order valence-electron chi connectivity index (χ3n) is 4.68. The highest BCUT2D eigenvalue weighted by Gasteiger charge is 2.18. The summed E-state index contributed by atoms with van der Waals surface area (Å²) in [7, 11) is 1.59. The molecule has 2 N–H and O–H groups in total. The van der Waals surface area contributed by atoms with E-state index in [0.29, 0.717) is 17.3 Å². The Morgan fingerprint density at radius 2 is 1.81 bits per heavy atom. The van der Waals surface area contributed by atoms with Gasteiger partial charge in [-0.15, -0.1) is 11.3 Å². The van der Waals surface area contributed by atoms with Gasteiger partial charge < -0.3 is 15.4 Å².